The minimum Gasteiger partial charge on any atom is -0.396 e. The molecule has 1 aliphatic carbocycles. The van der Waals surface area contributed by atoms with E-state index < -0.39 is 0 Å². The van der Waals surface area contributed by atoms with E-state index in [4.69, 9.17) is 11.6 Å². The van der Waals surface area contributed by atoms with Gasteiger partial charge in [-0.15, -0.1) is 0 Å². The minimum atomic E-state index is 0.211. The largest absolute Gasteiger partial charge is 0.396 e. The fraction of sp³-hybridized carbons (Fsp3) is 0.545. The monoisotopic (exact) mass is 252 g/mol. The Bertz CT molecular complexity index is 541. The van der Waals surface area contributed by atoms with Crippen LogP contribution in [0.2, 0.25) is 5.15 Å². The maximum Gasteiger partial charge on any atom is 0.165 e. The van der Waals surface area contributed by atoms with Gasteiger partial charge in [0.2, 0.25) is 0 Å². The second-order valence-corrected chi connectivity index (χ2v) is 4.79. The third-order valence-electron chi connectivity index (χ3n) is 3.52. The van der Waals surface area contributed by atoms with Crippen LogP contribution in [0.25, 0.3) is 11.2 Å². The number of nitrogens with zero attached hydrogens (tertiary/aromatic N) is 4. The van der Waals surface area contributed by atoms with Crippen LogP contribution >= 0.6 is 11.6 Å². The lowest BCUT2D eigenvalue weighted by atomic mass is 10.1. The van der Waals surface area contributed by atoms with Crippen LogP contribution in [-0.4, -0.2) is 31.2 Å². The molecular formula is C11H13ClN4O. The molecule has 17 heavy (non-hydrogen) atoms. The van der Waals surface area contributed by atoms with Crippen LogP contribution in [0.15, 0.2) is 12.7 Å². The van der Waals surface area contributed by atoms with Crippen molar-refractivity contribution in [2.24, 2.45) is 5.92 Å². The Labute approximate surface area is 103 Å². The lowest BCUT2D eigenvalue weighted by molar-refractivity contribution is 0.197. The van der Waals surface area contributed by atoms with Crippen LogP contribution in [-0.2, 0) is 0 Å². The molecule has 0 bridgehead atoms. The number of hydrogen-bond donors (Lipinski definition) is 1. The van der Waals surface area contributed by atoms with Crippen molar-refractivity contribution >= 4 is 22.8 Å². The maximum absolute atomic E-state index is 9.37. The van der Waals surface area contributed by atoms with Crippen LogP contribution in [0.1, 0.15) is 25.3 Å². The summed E-state index contributed by atoms with van der Waals surface area (Å²) in [5, 5.41) is 9.75. The first kappa shape index (κ1) is 10.9. The molecule has 0 amide bonds. The number of hydrogen-bond acceptors (Lipinski definition) is 4. The van der Waals surface area contributed by atoms with E-state index >= 15 is 0 Å². The van der Waals surface area contributed by atoms with Gasteiger partial charge >= 0.3 is 0 Å². The predicted molar refractivity (Wildman–Crippen MR) is 63.8 cm³/mol. The Hall–Kier alpha value is -1.20. The van der Waals surface area contributed by atoms with Crippen molar-refractivity contribution in [2.75, 3.05) is 6.61 Å². The highest BCUT2D eigenvalue weighted by atomic mass is 35.5. The maximum atomic E-state index is 9.37. The fourth-order valence-electron chi connectivity index (χ4n) is 2.66. The quantitative estimate of drug-likeness (QED) is 0.828. The average molecular weight is 253 g/mol. The highest BCUT2D eigenvalue weighted by molar-refractivity contribution is 6.33. The number of aromatic nitrogens is 4. The van der Waals surface area contributed by atoms with Gasteiger partial charge < -0.3 is 9.67 Å². The molecule has 2 atom stereocenters. The Balaban J connectivity index is 2.09. The summed E-state index contributed by atoms with van der Waals surface area (Å²) < 4.78 is 2.02. The number of halogens is 1. The molecule has 0 unspecified atom stereocenters. The molecule has 2 aromatic heterocycles. The molecule has 6 heteroatoms. The van der Waals surface area contributed by atoms with Crippen molar-refractivity contribution in [1.82, 2.24) is 19.5 Å². The average Bonchev–Trinajstić information content (AvgIpc) is 2.94. The number of aliphatic hydroxyl groups excluding tert-OH is 1. The normalized spacial score (nSPS) is 24.6. The van der Waals surface area contributed by atoms with E-state index in [1.54, 1.807) is 6.33 Å². The van der Waals surface area contributed by atoms with Gasteiger partial charge in [0.15, 0.2) is 10.8 Å². The second-order valence-electron chi connectivity index (χ2n) is 4.43. The first-order chi connectivity index (χ1) is 8.31. The van der Waals surface area contributed by atoms with E-state index in [1.165, 1.54) is 6.33 Å². The lowest BCUT2D eigenvalue weighted by Crippen LogP contribution is -2.16. The van der Waals surface area contributed by atoms with Gasteiger partial charge in [-0.3, -0.25) is 0 Å². The lowest BCUT2D eigenvalue weighted by Gasteiger charge is -2.19. The van der Waals surface area contributed by atoms with Crippen molar-refractivity contribution in [3.05, 3.63) is 17.8 Å². The summed E-state index contributed by atoms with van der Waals surface area (Å²) in [5.41, 5.74) is 1.40. The van der Waals surface area contributed by atoms with Gasteiger partial charge in [0.05, 0.1) is 6.33 Å². The summed E-state index contributed by atoms with van der Waals surface area (Å²) in [6.45, 7) is 0.211. The van der Waals surface area contributed by atoms with Crippen molar-refractivity contribution in [1.29, 1.82) is 0 Å². The SMILES string of the molecule is OC[C@@H]1CCC[C@H]1n1cnc2c(Cl)ncnc21. The van der Waals surface area contributed by atoms with Crippen molar-refractivity contribution < 1.29 is 5.11 Å². The van der Waals surface area contributed by atoms with Gasteiger partial charge in [0.1, 0.15) is 11.8 Å². The van der Waals surface area contributed by atoms with Gasteiger partial charge in [-0.1, -0.05) is 18.0 Å². The highest BCUT2D eigenvalue weighted by Gasteiger charge is 2.29. The smallest absolute Gasteiger partial charge is 0.165 e. The van der Waals surface area contributed by atoms with Crippen molar-refractivity contribution in [2.45, 2.75) is 25.3 Å². The zero-order chi connectivity index (χ0) is 11.8. The van der Waals surface area contributed by atoms with Crippen LogP contribution < -0.4 is 0 Å². The molecule has 1 saturated carbocycles. The number of fused-ring (bicyclic) bond motifs is 1. The summed E-state index contributed by atoms with van der Waals surface area (Å²) >= 11 is 5.97. The van der Waals surface area contributed by atoms with Crippen LogP contribution in [0.5, 0.6) is 0 Å². The summed E-state index contributed by atoms with van der Waals surface area (Å²) in [7, 11) is 0. The van der Waals surface area contributed by atoms with Crippen molar-refractivity contribution in [3.63, 3.8) is 0 Å². The summed E-state index contributed by atoms with van der Waals surface area (Å²) in [6.07, 6.45) is 6.45. The minimum absolute atomic E-state index is 0.211. The Morgan fingerprint density at radius 2 is 2.24 bits per heavy atom. The van der Waals surface area contributed by atoms with E-state index in [1.807, 2.05) is 4.57 Å². The molecule has 2 heterocycles. The van der Waals surface area contributed by atoms with Gasteiger partial charge in [-0.25, -0.2) is 15.0 Å². The molecule has 3 rings (SSSR count). The van der Waals surface area contributed by atoms with Crippen LogP contribution in [0, 0.1) is 5.92 Å². The highest BCUT2D eigenvalue weighted by Crippen LogP contribution is 2.37. The van der Waals surface area contributed by atoms with E-state index in [0.29, 0.717) is 16.6 Å². The van der Waals surface area contributed by atoms with Gasteiger partial charge in [0, 0.05) is 18.6 Å². The van der Waals surface area contributed by atoms with E-state index in [-0.39, 0.29) is 12.6 Å². The second kappa shape index (κ2) is 4.23. The predicted octanol–water partition coefficient (Wildman–Crippen LogP) is 1.81. The van der Waals surface area contributed by atoms with E-state index in [9.17, 15) is 5.11 Å². The summed E-state index contributed by atoms with van der Waals surface area (Å²) in [6, 6.07) is 0.274. The van der Waals surface area contributed by atoms with Gasteiger partial charge in [-0.05, 0) is 12.8 Å². The molecule has 5 nitrogen and oxygen atoms in total. The molecular weight excluding hydrogens is 240 g/mol. The Morgan fingerprint density at radius 1 is 1.35 bits per heavy atom. The zero-order valence-corrected chi connectivity index (χ0v) is 10.0. The number of rotatable bonds is 2. The zero-order valence-electron chi connectivity index (χ0n) is 9.25. The molecule has 90 valence electrons. The van der Waals surface area contributed by atoms with Crippen LogP contribution in [0.4, 0.5) is 0 Å². The summed E-state index contributed by atoms with van der Waals surface area (Å²) in [4.78, 5) is 12.4. The third-order valence-corrected chi connectivity index (χ3v) is 3.80. The standard InChI is InChI=1S/C11H13ClN4O/c12-10-9-11(14-5-13-10)16(6-15-9)8-3-1-2-7(8)4-17/h5-8,17H,1-4H2/t7-,8+/m0/s1. The van der Waals surface area contributed by atoms with Crippen molar-refractivity contribution in [3.8, 4) is 0 Å². The molecule has 2 aromatic rings. The molecule has 1 aliphatic rings. The topological polar surface area (TPSA) is 63.8 Å². The van der Waals surface area contributed by atoms with E-state index in [0.717, 1.165) is 24.9 Å². The number of aliphatic hydroxyl groups is 1. The molecule has 0 radical (unpaired) electrons. The van der Waals surface area contributed by atoms with Crippen LogP contribution in [0.3, 0.4) is 0 Å². The molecule has 0 spiro atoms. The number of imidazole rings is 1. The molecule has 1 N–H and O–H groups in total. The molecule has 0 saturated heterocycles. The first-order valence-electron chi connectivity index (χ1n) is 5.75. The first-order valence-corrected chi connectivity index (χ1v) is 6.13. The fourth-order valence-corrected chi connectivity index (χ4v) is 2.84. The van der Waals surface area contributed by atoms with E-state index in [2.05, 4.69) is 15.0 Å². The molecule has 1 fully saturated rings. The Morgan fingerprint density at radius 3 is 3.06 bits per heavy atom. The molecule has 0 aliphatic heterocycles. The summed E-state index contributed by atoms with van der Waals surface area (Å²) in [5.74, 6) is 0.293. The van der Waals surface area contributed by atoms with Gasteiger partial charge in [0.25, 0.3) is 0 Å². The Kier molecular flexibility index (Phi) is 2.72. The third kappa shape index (κ3) is 1.70. The molecule has 0 aromatic carbocycles. The van der Waals surface area contributed by atoms with Gasteiger partial charge in [-0.2, -0.15) is 0 Å².